The molecule has 5 rings (SSSR count). The van der Waals surface area contributed by atoms with Crippen molar-refractivity contribution in [2.75, 3.05) is 20.8 Å². The van der Waals surface area contributed by atoms with Gasteiger partial charge < -0.3 is 23.9 Å². The lowest BCUT2D eigenvalue weighted by Crippen LogP contribution is -2.31. The molecule has 0 spiro atoms. The first-order chi connectivity index (χ1) is 16.9. The van der Waals surface area contributed by atoms with Crippen LogP contribution in [0.4, 0.5) is 0 Å². The Labute approximate surface area is 202 Å². The van der Waals surface area contributed by atoms with E-state index in [1.807, 2.05) is 37.3 Å². The predicted molar refractivity (Wildman–Crippen MR) is 131 cm³/mol. The molecule has 1 atom stereocenters. The summed E-state index contributed by atoms with van der Waals surface area (Å²) in [7, 11) is 3.07. The number of carbonyl (C=O) groups excluding carboxylic acids is 1. The van der Waals surface area contributed by atoms with Gasteiger partial charge in [0.2, 0.25) is 5.76 Å². The van der Waals surface area contributed by atoms with Crippen molar-refractivity contribution in [3.8, 4) is 17.2 Å². The van der Waals surface area contributed by atoms with E-state index in [0.717, 1.165) is 16.9 Å². The molecule has 4 aromatic rings. The summed E-state index contributed by atoms with van der Waals surface area (Å²) in [6.07, 6.45) is 0.572. The van der Waals surface area contributed by atoms with Gasteiger partial charge in [0, 0.05) is 6.54 Å². The third kappa shape index (κ3) is 3.89. The van der Waals surface area contributed by atoms with Gasteiger partial charge >= 0.3 is 0 Å². The molecule has 7 nitrogen and oxygen atoms in total. The zero-order chi connectivity index (χ0) is 24.7. The minimum absolute atomic E-state index is 0.0215. The molecule has 0 radical (unpaired) electrons. The minimum atomic E-state index is -0.675. The van der Waals surface area contributed by atoms with E-state index in [-0.39, 0.29) is 28.6 Å². The maximum absolute atomic E-state index is 13.7. The number of rotatable bonds is 6. The second kappa shape index (κ2) is 8.83. The molecular formula is C28H25NO6. The number of ether oxygens (including phenoxy) is 2. The van der Waals surface area contributed by atoms with Gasteiger partial charge in [-0.15, -0.1) is 0 Å². The molecule has 3 aromatic carbocycles. The number of hydrogen-bond acceptors (Lipinski definition) is 6. The summed E-state index contributed by atoms with van der Waals surface area (Å²) in [6, 6.07) is 17.2. The van der Waals surface area contributed by atoms with Crippen LogP contribution in [-0.2, 0) is 6.42 Å². The molecule has 1 aliphatic heterocycles. The molecule has 1 aliphatic rings. The van der Waals surface area contributed by atoms with E-state index in [4.69, 9.17) is 13.9 Å². The molecule has 35 heavy (non-hydrogen) atoms. The Morgan fingerprint density at radius 1 is 0.971 bits per heavy atom. The molecule has 0 fully saturated rings. The van der Waals surface area contributed by atoms with E-state index in [1.54, 1.807) is 36.3 Å². The van der Waals surface area contributed by atoms with Crippen LogP contribution in [0, 0.1) is 6.92 Å². The number of carbonyl (C=O) groups is 1. The summed E-state index contributed by atoms with van der Waals surface area (Å²) < 4.78 is 16.5. The van der Waals surface area contributed by atoms with Crippen LogP contribution in [0.15, 0.2) is 69.9 Å². The van der Waals surface area contributed by atoms with Crippen molar-refractivity contribution < 1.29 is 23.8 Å². The Balaban J connectivity index is 1.62. The van der Waals surface area contributed by atoms with Crippen molar-refractivity contribution in [2.24, 2.45) is 0 Å². The summed E-state index contributed by atoms with van der Waals surface area (Å²) in [5, 5.41) is 10.6. The average Bonchev–Trinajstić information content (AvgIpc) is 3.15. The number of fused-ring (bicyclic) bond motifs is 2. The molecule has 1 N–H and O–H groups in total. The second-order valence-electron chi connectivity index (χ2n) is 8.60. The van der Waals surface area contributed by atoms with Crippen LogP contribution in [0.5, 0.6) is 17.2 Å². The number of aryl methyl sites for hydroxylation is 1. The summed E-state index contributed by atoms with van der Waals surface area (Å²) in [4.78, 5) is 28.9. The summed E-state index contributed by atoms with van der Waals surface area (Å²) in [5.41, 5.74) is 3.05. The SMILES string of the molecule is COc1ccc(CCN2C(=O)c3oc4ccc(C)cc4c(=O)c3[C@H]2c2ccc(O)c(OC)c2)cc1. The molecule has 0 bridgehead atoms. The number of methoxy groups -OCH3 is 2. The molecule has 2 heterocycles. The van der Waals surface area contributed by atoms with Crippen molar-refractivity contribution in [1.82, 2.24) is 4.90 Å². The van der Waals surface area contributed by atoms with E-state index in [9.17, 15) is 14.7 Å². The van der Waals surface area contributed by atoms with Gasteiger partial charge in [-0.25, -0.2) is 0 Å². The number of aromatic hydroxyl groups is 1. The first-order valence-electron chi connectivity index (χ1n) is 11.3. The summed E-state index contributed by atoms with van der Waals surface area (Å²) in [6.45, 7) is 2.26. The Kier molecular flexibility index (Phi) is 5.68. The highest BCUT2D eigenvalue weighted by Crippen LogP contribution is 2.40. The lowest BCUT2D eigenvalue weighted by atomic mass is 9.97. The van der Waals surface area contributed by atoms with Crippen molar-refractivity contribution in [3.05, 3.63) is 98.9 Å². The fourth-order valence-electron chi connectivity index (χ4n) is 4.62. The van der Waals surface area contributed by atoms with Gasteiger partial charge in [-0.1, -0.05) is 29.8 Å². The smallest absolute Gasteiger partial charge is 0.290 e. The van der Waals surface area contributed by atoms with Crippen LogP contribution in [-0.4, -0.2) is 36.7 Å². The highest BCUT2D eigenvalue weighted by Gasteiger charge is 2.42. The average molecular weight is 472 g/mol. The molecule has 0 saturated heterocycles. The van der Waals surface area contributed by atoms with Crippen LogP contribution in [0.3, 0.4) is 0 Å². The molecule has 7 heteroatoms. The van der Waals surface area contributed by atoms with Crippen molar-refractivity contribution in [2.45, 2.75) is 19.4 Å². The van der Waals surface area contributed by atoms with Crippen LogP contribution in [0.1, 0.15) is 38.9 Å². The zero-order valence-electron chi connectivity index (χ0n) is 19.7. The van der Waals surface area contributed by atoms with Crippen LogP contribution in [0.2, 0.25) is 0 Å². The topological polar surface area (TPSA) is 89.2 Å². The monoisotopic (exact) mass is 471 g/mol. The molecule has 178 valence electrons. The second-order valence-corrected chi connectivity index (χ2v) is 8.60. The lowest BCUT2D eigenvalue weighted by molar-refractivity contribution is 0.0730. The van der Waals surface area contributed by atoms with E-state index >= 15 is 0 Å². The molecule has 1 amide bonds. The minimum Gasteiger partial charge on any atom is -0.504 e. The van der Waals surface area contributed by atoms with Crippen LogP contribution in [0.25, 0.3) is 11.0 Å². The van der Waals surface area contributed by atoms with E-state index in [0.29, 0.717) is 35.1 Å². The number of amides is 1. The van der Waals surface area contributed by atoms with Gasteiger partial charge in [0.15, 0.2) is 16.9 Å². The van der Waals surface area contributed by atoms with Gasteiger partial charge in [0.1, 0.15) is 11.3 Å². The van der Waals surface area contributed by atoms with Gasteiger partial charge in [-0.3, -0.25) is 9.59 Å². The van der Waals surface area contributed by atoms with Gasteiger partial charge in [0.05, 0.1) is 31.2 Å². The fourth-order valence-corrected chi connectivity index (χ4v) is 4.62. The van der Waals surface area contributed by atoms with Crippen LogP contribution < -0.4 is 14.9 Å². The molecular weight excluding hydrogens is 446 g/mol. The van der Waals surface area contributed by atoms with E-state index in [2.05, 4.69) is 0 Å². The number of benzene rings is 3. The van der Waals surface area contributed by atoms with Gasteiger partial charge in [0.25, 0.3) is 5.91 Å². The summed E-state index contributed by atoms with van der Waals surface area (Å²) in [5.74, 6) is 0.707. The Bertz CT molecular complexity index is 1490. The number of phenolic OH excluding ortho intramolecular Hbond substituents is 1. The maximum Gasteiger partial charge on any atom is 0.290 e. The first-order valence-corrected chi connectivity index (χ1v) is 11.3. The number of phenols is 1. The molecule has 1 aromatic heterocycles. The Morgan fingerprint density at radius 3 is 2.46 bits per heavy atom. The maximum atomic E-state index is 13.7. The molecule has 0 saturated carbocycles. The molecule has 0 aliphatic carbocycles. The van der Waals surface area contributed by atoms with E-state index in [1.165, 1.54) is 13.2 Å². The standard InChI is InChI=1S/C28H25NO6/c1-16-4-11-22-20(14-16)26(31)24-25(18-7-10-21(30)23(15-18)34-3)29(28(32)27(24)35-22)13-12-17-5-8-19(33-2)9-6-17/h4-11,14-15,25,30H,12-13H2,1-3H3/t25-/m1/s1. The largest absolute Gasteiger partial charge is 0.504 e. The van der Waals surface area contributed by atoms with E-state index < -0.39 is 6.04 Å². The Hall–Kier alpha value is -4.26. The third-order valence-corrected chi connectivity index (χ3v) is 6.44. The van der Waals surface area contributed by atoms with Crippen LogP contribution >= 0.6 is 0 Å². The number of nitrogens with zero attached hydrogens (tertiary/aromatic N) is 1. The lowest BCUT2D eigenvalue weighted by Gasteiger charge is -2.25. The van der Waals surface area contributed by atoms with Crippen molar-refractivity contribution >= 4 is 16.9 Å². The van der Waals surface area contributed by atoms with Gasteiger partial charge in [-0.2, -0.15) is 0 Å². The first kappa shape index (κ1) is 22.5. The Morgan fingerprint density at radius 2 is 1.74 bits per heavy atom. The predicted octanol–water partition coefficient (Wildman–Crippen LogP) is 4.61. The van der Waals surface area contributed by atoms with Crippen molar-refractivity contribution in [1.29, 1.82) is 0 Å². The zero-order valence-corrected chi connectivity index (χ0v) is 19.7. The normalized spacial score (nSPS) is 14.9. The summed E-state index contributed by atoms with van der Waals surface area (Å²) >= 11 is 0. The number of hydrogen-bond donors (Lipinski definition) is 1. The highest BCUT2D eigenvalue weighted by atomic mass is 16.5. The van der Waals surface area contributed by atoms with Gasteiger partial charge in [-0.05, 0) is 60.9 Å². The van der Waals surface area contributed by atoms with Crippen molar-refractivity contribution in [3.63, 3.8) is 0 Å². The third-order valence-electron chi connectivity index (χ3n) is 6.44. The molecule has 0 unspecified atom stereocenters. The quantitative estimate of drug-likeness (QED) is 0.442. The highest BCUT2D eigenvalue weighted by molar-refractivity contribution is 5.99. The fraction of sp³-hybridized carbons (Fsp3) is 0.214.